The van der Waals surface area contributed by atoms with Crippen LogP contribution < -0.4 is 11.5 Å². The second-order valence-electron chi connectivity index (χ2n) is 4.24. The van der Waals surface area contributed by atoms with Gasteiger partial charge in [-0.15, -0.1) is 10.2 Å². The summed E-state index contributed by atoms with van der Waals surface area (Å²) in [5, 5.41) is 12.7. The number of benzene rings is 1. The molecule has 0 bridgehead atoms. The Morgan fingerprint density at radius 3 is 2.59 bits per heavy atom. The second kappa shape index (κ2) is 5.39. The molecule has 0 saturated carbocycles. The molecule has 112 valence electrons. The zero-order chi connectivity index (χ0) is 15.9. The molecule has 0 fully saturated rings. The number of nitrogens with zero attached hydrogens (tertiary/aromatic N) is 3. The molecule has 0 radical (unpaired) electrons. The highest BCUT2D eigenvalue weighted by atomic mass is 32.2. The minimum Gasteiger partial charge on any atom is -0.366 e. The number of aromatic nitrogens is 3. The molecule has 0 unspecified atom stereocenters. The summed E-state index contributed by atoms with van der Waals surface area (Å²) < 4.78 is 5.72. The smallest absolute Gasteiger partial charge is 0.288 e. The zero-order valence-corrected chi connectivity index (χ0v) is 12.8. The van der Waals surface area contributed by atoms with Crippen molar-refractivity contribution >= 4 is 45.8 Å². The van der Waals surface area contributed by atoms with Crippen molar-refractivity contribution in [2.45, 2.75) is 4.34 Å². The number of hydrogen-bond donors (Lipinski definition) is 2. The summed E-state index contributed by atoms with van der Waals surface area (Å²) in [4.78, 5) is 23.0. The molecule has 3 rings (SSSR count). The number of carbonyl (C=O) groups excluding carboxylic acids is 2. The second-order valence-corrected chi connectivity index (χ2v) is 6.27. The van der Waals surface area contributed by atoms with Gasteiger partial charge in [-0.25, -0.2) is 0 Å². The quantitative estimate of drug-likeness (QED) is 0.684. The largest absolute Gasteiger partial charge is 0.366 e. The van der Waals surface area contributed by atoms with Crippen LogP contribution >= 0.6 is 23.1 Å². The van der Waals surface area contributed by atoms with Gasteiger partial charge < -0.3 is 16.0 Å². The van der Waals surface area contributed by atoms with Crippen LogP contribution in [0.15, 0.2) is 21.0 Å². The van der Waals surface area contributed by atoms with E-state index in [4.69, 9.17) is 16.0 Å². The van der Waals surface area contributed by atoms with E-state index in [9.17, 15) is 9.59 Å². The topological polar surface area (TPSA) is 138 Å². The van der Waals surface area contributed by atoms with Crippen molar-refractivity contribution in [3.05, 3.63) is 23.5 Å². The number of fused-ring (bicyclic) bond motifs is 1. The van der Waals surface area contributed by atoms with Gasteiger partial charge in [0.2, 0.25) is 11.7 Å². The third-order valence-electron chi connectivity index (χ3n) is 2.90. The number of nitrogens with two attached hydrogens (primary N) is 2. The lowest BCUT2D eigenvalue weighted by molar-refractivity contribution is 0.0965. The van der Waals surface area contributed by atoms with E-state index in [1.165, 1.54) is 35.2 Å². The van der Waals surface area contributed by atoms with Crippen LogP contribution in [0.3, 0.4) is 0 Å². The molecule has 2 amide bonds. The molecule has 0 aliphatic heterocycles. The van der Waals surface area contributed by atoms with E-state index in [2.05, 4.69) is 15.4 Å². The van der Waals surface area contributed by atoms with Gasteiger partial charge in [-0.05, 0) is 18.4 Å². The Balaban J connectivity index is 2.35. The Morgan fingerprint density at radius 1 is 1.23 bits per heavy atom. The van der Waals surface area contributed by atoms with Crippen molar-refractivity contribution in [1.82, 2.24) is 15.4 Å². The van der Waals surface area contributed by atoms with E-state index in [0.717, 1.165) is 4.34 Å². The van der Waals surface area contributed by atoms with Crippen LogP contribution in [-0.4, -0.2) is 33.4 Å². The molecule has 3 aromatic rings. The van der Waals surface area contributed by atoms with Crippen LogP contribution in [0.2, 0.25) is 0 Å². The Hall–Kier alpha value is -2.46. The van der Waals surface area contributed by atoms with E-state index in [-0.39, 0.29) is 11.3 Å². The van der Waals surface area contributed by atoms with Gasteiger partial charge in [-0.1, -0.05) is 28.3 Å². The summed E-state index contributed by atoms with van der Waals surface area (Å²) >= 11 is 2.75. The van der Waals surface area contributed by atoms with Gasteiger partial charge in [0.15, 0.2) is 4.34 Å². The van der Waals surface area contributed by atoms with E-state index >= 15 is 0 Å². The highest BCUT2D eigenvalue weighted by molar-refractivity contribution is 8.00. The molecule has 4 N–H and O–H groups in total. The maximum Gasteiger partial charge on any atom is 0.288 e. The summed E-state index contributed by atoms with van der Waals surface area (Å²) in [6.07, 6.45) is 1.87. The Kier molecular flexibility index (Phi) is 3.54. The third-order valence-corrected chi connectivity index (χ3v) is 4.83. The molecule has 0 saturated heterocycles. The Labute approximate surface area is 131 Å². The average Bonchev–Trinajstić information content (AvgIpc) is 3.12. The minimum atomic E-state index is -0.759. The molecule has 0 spiro atoms. The summed E-state index contributed by atoms with van der Waals surface area (Å²) in [5.41, 5.74) is 11.6. The molecule has 22 heavy (non-hydrogen) atoms. The van der Waals surface area contributed by atoms with E-state index < -0.39 is 11.8 Å². The Morgan fingerprint density at radius 2 is 2.00 bits per heavy atom. The predicted octanol–water partition coefficient (Wildman–Crippen LogP) is 1.27. The minimum absolute atomic E-state index is 0.0954. The highest BCUT2D eigenvalue weighted by Crippen LogP contribution is 2.35. The zero-order valence-electron chi connectivity index (χ0n) is 11.2. The number of amides is 2. The van der Waals surface area contributed by atoms with Gasteiger partial charge in [0.1, 0.15) is 10.5 Å². The molecule has 0 atom stereocenters. The maximum absolute atomic E-state index is 11.5. The first-order valence-corrected chi connectivity index (χ1v) is 7.96. The SMILES string of the molecule is CSc1nnc(-c2cc(C(N)=O)cc3noc(C(N)=O)c23)s1. The van der Waals surface area contributed by atoms with Crippen LogP contribution in [0.5, 0.6) is 0 Å². The van der Waals surface area contributed by atoms with Gasteiger partial charge in [0, 0.05) is 11.1 Å². The van der Waals surface area contributed by atoms with Crippen molar-refractivity contribution in [1.29, 1.82) is 0 Å². The average molecular weight is 335 g/mol. The first-order valence-electron chi connectivity index (χ1n) is 5.92. The number of carbonyl (C=O) groups is 2. The van der Waals surface area contributed by atoms with Crippen molar-refractivity contribution < 1.29 is 14.1 Å². The lowest BCUT2D eigenvalue weighted by Gasteiger charge is -2.02. The third kappa shape index (κ3) is 2.31. The fourth-order valence-electron chi connectivity index (χ4n) is 1.96. The van der Waals surface area contributed by atoms with Crippen LogP contribution in [0, 0.1) is 0 Å². The molecule has 8 nitrogen and oxygen atoms in total. The molecular weight excluding hydrogens is 326 g/mol. The standard InChI is InChI=1S/C12H9N5O3S2/c1-21-12-16-15-11(22-12)5-2-4(9(13)18)3-6-7(5)8(10(14)19)20-17-6/h2-3H,1H3,(H2,13,18)(H2,14,19). The predicted molar refractivity (Wildman–Crippen MR) is 81.7 cm³/mol. The van der Waals surface area contributed by atoms with Crippen molar-refractivity contribution in [3.8, 4) is 10.6 Å². The van der Waals surface area contributed by atoms with Crippen molar-refractivity contribution in [3.63, 3.8) is 0 Å². The van der Waals surface area contributed by atoms with Crippen molar-refractivity contribution in [2.75, 3.05) is 6.26 Å². The monoisotopic (exact) mass is 335 g/mol. The number of rotatable bonds is 4. The first kappa shape index (κ1) is 14.5. The number of thioether (sulfide) groups is 1. The molecular formula is C12H9N5O3S2. The van der Waals surface area contributed by atoms with Crippen molar-refractivity contribution in [2.24, 2.45) is 11.5 Å². The summed E-state index contributed by atoms with van der Waals surface area (Å²) in [5.74, 6) is -1.48. The van der Waals surface area contributed by atoms with E-state index in [0.29, 0.717) is 21.5 Å². The summed E-state index contributed by atoms with van der Waals surface area (Å²) in [6, 6.07) is 2.96. The lowest BCUT2D eigenvalue weighted by Crippen LogP contribution is -2.12. The fraction of sp³-hybridized carbons (Fsp3) is 0.0833. The molecule has 0 aliphatic rings. The van der Waals surface area contributed by atoms with Crippen LogP contribution in [0.1, 0.15) is 20.9 Å². The molecule has 1 aromatic carbocycles. The van der Waals surface area contributed by atoms with Crippen LogP contribution in [-0.2, 0) is 0 Å². The first-order chi connectivity index (χ1) is 10.5. The van der Waals surface area contributed by atoms with Gasteiger partial charge >= 0.3 is 0 Å². The molecule has 0 aliphatic carbocycles. The van der Waals surface area contributed by atoms with Gasteiger partial charge in [-0.2, -0.15) is 0 Å². The van der Waals surface area contributed by atoms with Gasteiger partial charge in [-0.3, -0.25) is 9.59 Å². The maximum atomic E-state index is 11.5. The molecule has 2 heterocycles. The van der Waals surface area contributed by atoms with Gasteiger partial charge in [0.25, 0.3) is 5.91 Å². The highest BCUT2D eigenvalue weighted by Gasteiger charge is 2.22. The van der Waals surface area contributed by atoms with Crippen LogP contribution in [0.25, 0.3) is 21.5 Å². The molecule has 10 heteroatoms. The lowest BCUT2D eigenvalue weighted by atomic mass is 10.0. The normalized spacial score (nSPS) is 11.0. The molecule has 2 aromatic heterocycles. The Bertz CT molecular complexity index is 901. The van der Waals surface area contributed by atoms with Gasteiger partial charge in [0.05, 0.1) is 5.39 Å². The fourth-order valence-corrected chi connectivity index (χ4v) is 3.25. The number of primary amides is 2. The van der Waals surface area contributed by atoms with E-state index in [1.54, 1.807) is 0 Å². The van der Waals surface area contributed by atoms with Crippen LogP contribution in [0.4, 0.5) is 0 Å². The number of hydrogen-bond acceptors (Lipinski definition) is 8. The van der Waals surface area contributed by atoms with E-state index in [1.807, 2.05) is 6.26 Å². The summed E-state index contributed by atoms with van der Waals surface area (Å²) in [6.45, 7) is 0. The summed E-state index contributed by atoms with van der Waals surface area (Å²) in [7, 11) is 0.